The van der Waals surface area contributed by atoms with Gasteiger partial charge in [0, 0.05) is 24.2 Å². The van der Waals surface area contributed by atoms with Gasteiger partial charge in [-0.1, -0.05) is 6.07 Å². The predicted octanol–water partition coefficient (Wildman–Crippen LogP) is 2.32. The largest absolute Gasteiger partial charge is 0.504 e. The van der Waals surface area contributed by atoms with Gasteiger partial charge in [-0.25, -0.2) is 4.79 Å². The summed E-state index contributed by atoms with van der Waals surface area (Å²) in [7, 11) is 1.48. The molecule has 2 aromatic rings. The van der Waals surface area contributed by atoms with E-state index in [1.165, 1.54) is 26.0 Å². The Morgan fingerprint density at radius 3 is 3.00 bits per heavy atom. The summed E-state index contributed by atoms with van der Waals surface area (Å²) in [4.78, 5) is 11.8. The second-order valence-electron chi connectivity index (χ2n) is 5.30. The monoisotopic (exact) mass is 302 g/mol. The lowest BCUT2D eigenvalue weighted by Crippen LogP contribution is -2.28. The summed E-state index contributed by atoms with van der Waals surface area (Å²) in [5, 5.41) is 21.9. The molecule has 3 rings (SSSR count). The maximum absolute atomic E-state index is 11.8. The molecule has 0 saturated heterocycles. The van der Waals surface area contributed by atoms with E-state index in [1.54, 1.807) is 12.1 Å². The van der Waals surface area contributed by atoms with Crippen molar-refractivity contribution >= 4 is 11.8 Å². The Bertz CT molecular complexity index is 679. The van der Waals surface area contributed by atoms with E-state index >= 15 is 0 Å². The van der Waals surface area contributed by atoms with Gasteiger partial charge in [-0.05, 0) is 30.5 Å². The van der Waals surface area contributed by atoms with E-state index in [4.69, 9.17) is 4.74 Å². The number of carbonyl (C=O) groups is 1. The molecule has 116 valence electrons. The zero-order valence-electron chi connectivity index (χ0n) is 12.2. The Kier molecular flexibility index (Phi) is 3.86. The predicted molar refractivity (Wildman–Crippen MR) is 81.1 cm³/mol. The number of methoxy groups -OCH3 is 1. The van der Waals surface area contributed by atoms with Gasteiger partial charge in [0.15, 0.2) is 17.3 Å². The molecule has 1 aromatic heterocycles. The van der Waals surface area contributed by atoms with Crippen LogP contribution in [0.3, 0.4) is 0 Å². The molecule has 0 unspecified atom stereocenters. The molecule has 0 atom stereocenters. The van der Waals surface area contributed by atoms with Crippen molar-refractivity contribution in [3.63, 3.8) is 0 Å². The molecule has 0 aliphatic heterocycles. The van der Waals surface area contributed by atoms with Crippen molar-refractivity contribution in [2.24, 2.45) is 0 Å². The van der Waals surface area contributed by atoms with Gasteiger partial charge in [0.1, 0.15) is 0 Å². The highest BCUT2D eigenvalue weighted by Gasteiger charge is 2.25. The number of phenolic OH excluding ortho intramolecular Hbond substituents is 1. The SMILES string of the molecule is COc1cc(CNC(=O)Nc2cc(C3CC3)[nH]n2)ccc1O. The Morgan fingerprint density at radius 2 is 2.27 bits per heavy atom. The number of hydrogen-bond acceptors (Lipinski definition) is 4. The quantitative estimate of drug-likeness (QED) is 0.681. The molecule has 7 nitrogen and oxygen atoms in total. The van der Waals surface area contributed by atoms with E-state index in [-0.39, 0.29) is 11.8 Å². The fourth-order valence-electron chi connectivity index (χ4n) is 2.18. The van der Waals surface area contributed by atoms with Crippen molar-refractivity contribution in [3.8, 4) is 11.5 Å². The summed E-state index contributed by atoms with van der Waals surface area (Å²) in [6.45, 7) is 0.322. The van der Waals surface area contributed by atoms with Gasteiger partial charge < -0.3 is 15.2 Å². The molecule has 7 heteroatoms. The number of anilines is 1. The van der Waals surface area contributed by atoms with E-state index in [0.29, 0.717) is 24.0 Å². The molecule has 1 saturated carbocycles. The lowest BCUT2D eigenvalue weighted by molar-refractivity contribution is 0.251. The topological polar surface area (TPSA) is 99.3 Å². The molecule has 2 amide bonds. The van der Waals surface area contributed by atoms with Crippen LogP contribution < -0.4 is 15.4 Å². The van der Waals surface area contributed by atoms with Crippen molar-refractivity contribution < 1.29 is 14.6 Å². The second kappa shape index (κ2) is 5.97. The van der Waals surface area contributed by atoms with Gasteiger partial charge in [-0.2, -0.15) is 5.10 Å². The molecule has 1 aliphatic rings. The Labute approximate surface area is 127 Å². The van der Waals surface area contributed by atoms with Gasteiger partial charge in [0.2, 0.25) is 0 Å². The molecule has 4 N–H and O–H groups in total. The minimum absolute atomic E-state index is 0.0693. The standard InChI is InChI=1S/C15H18N4O3/c1-22-13-6-9(2-5-12(13)20)8-16-15(21)17-14-7-11(18-19-14)10-3-4-10/h2,5-7,10,20H,3-4,8H2,1H3,(H3,16,17,18,19,21). The first-order chi connectivity index (χ1) is 10.7. The molecule has 22 heavy (non-hydrogen) atoms. The molecule has 0 radical (unpaired) electrons. The molecule has 1 fully saturated rings. The van der Waals surface area contributed by atoms with Crippen LogP contribution in [-0.2, 0) is 6.54 Å². The number of ether oxygens (including phenoxy) is 1. The van der Waals surface area contributed by atoms with Crippen LogP contribution in [0.1, 0.15) is 30.0 Å². The highest BCUT2D eigenvalue weighted by molar-refractivity contribution is 5.88. The van der Waals surface area contributed by atoms with E-state index in [2.05, 4.69) is 20.8 Å². The minimum atomic E-state index is -0.333. The van der Waals surface area contributed by atoms with Crippen LogP contribution in [0.2, 0.25) is 0 Å². The van der Waals surface area contributed by atoms with E-state index in [0.717, 1.165) is 11.3 Å². The first-order valence-corrected chi connectivity index (χ1v) is 7.11. The highest BCUT2D eigenvalue weighted by Crippen LogP contribution is 2.39. The average molecular weight is 302 g/mol. The third-order valence-corrected chi connectivity index (χ3v) is 3.55. The van der Waals surface area contributed by atoms with Crippen molar-refractivity contribution in [3.05, 3.63) is 35.5 Å². The van der Waals surface area contributed by atoms with Crippen molar-refractivity contribution in [1.82, 2.24) is 15.5 Å². The maximum Gasteiger partial charge on any atom is 0.320 e. The molecular formula is C15H18N4O3. The molecule has 1 aromatic carbocycles. The smallest absolute Gasteiger partial charge is 0.320 e. The van der Waals surface area contributed by atoms with Gasteiger partial charge in [-0.3, -0.25) is 10.4 Å². The number of aromatic nitrogens is 2. The number of hydrogen-bond donors (Lipinski definition) is 4. The normalized spacial score (nSPS) is 13.7. The summed E-state index contributed by atoms with van der Waals surface area (Å²) in [6.07, 6.45) is 2.35. The van der Waals surface area contributed by atoms with Crippen molar-refractivity contribution in [2.45, 2.75) is 25.3 Å². The van der Waals surface area contributed by atoms with E-state index < -0.39 is 0 Å². The lowest BCUT2D eigenvalue weighted by atomic mass is 10.2. The zero-order valence-corrected chi connectivity index (χ0v) is 12.2. The third kappa shape index (κ3) is 3.30. The van der Waals surface area contributed by atoms with Gasteiger partial charge in [0.05, 0.1) is 7.11 Å². The fourth-order valence-corrected chi connectivity index (χ4v) is 2.18. The summed E-state index contributed by atoms with van der Waals surface area (Å²) < 4.78 is 5.03. The summed E-state index contributed by atoms with van der Waals surface area (Å²) in [6, 6.07) is 6.46. The number of urea groups is 1. The Morgan fingerprint density at radius 1 is 1.45 bits per heavy atom. The number of amides is 2. The number of rotatable bonds is 5. The van der Waals surface area contributed by atoms with Crippen molar-refractivity contribution in [2.75, 3.05) is 12.4 Å². The number of phenols is 1. The number of aromatic amines is 1. The number of benzene rings is 1. The lowest BCUT2D eigenvalue weighted by Gasteiger charge is -2.08. The number of aromatic hydroxyl groups is 1. The first kappa shape index (κ1) is 14.2. The zero-order chi connectivity index (χ0) is 15.5. The summed E-state index contributed by atoms with van der Waals surface area (Å²) in [5.74, 6) is 1.53. The van der Waals surface area contributed by atoms with Crippen molar-refractivity contribution in [1.29, 1.82) is 0 Å². The van der Waals surface area contributed by atoms with Gasteiger partial charge in [0.25, 0.3) is 0 Å². The summed E-state index contributed by atoms with van der Waals surface area (Å²) in [5.41, 5.74) is 1.89. The fraction of sp³-hybridized carbons (Fsp3) is 0.333. The third-order valence-electron chi connectivity index (χ3n) is 3.55. The van der Waals surface area contributed by atoms with Crippen LogP contribution in [-0.4, -0.2) is 28.4 Å². The average Bonchev–Trinajstić information content (AvgIpc) is 3.27. The number of nitrogens with one attached hydrogen (secondary N) is 3. The molecule has 1 heterocycles. The molecule has 0 bridgehead atoms. The number of carbonyl (C=O) groups excluding carboxylic acids is 1. The van der Waals surface area contributed by atoms with Crippen LogP contribution in [0, 0.1) is 0 Å². The molecule has 1 aliphatic carbocycles. The van der Waals surface area contributed by atoms with Crippen LogP contribution in [0.4, 0.5) is 10.6 Å². The number of nitrogens with zero attached hydrogens (tertiary/aromatic N) is 1. The Hall–Kier alpha value is -2.70. The van der Waals surface area contributed by atoms with Gasteiger partial charge >= 0.3 is 6.03 Å². The molecular weight excluding hydrogens is 284 g/mol. The van der Waals surface area contributed by atoms with E-state index in [1.807, 2.05) is 6.07 Å². The summed E-state index contributed by atoms with van der Waals surface area (Å²) >= 11 is 0. The maximum atomic E-state index is 11.8. The minimum Gasteiger partial charge on any atom is -0.504 e. The van der Waals surface area contributed by atoms with Crippen LogP contribution in [0.15, 0.2) is 24.3 Å². The molecule has 0 spiro atoms. The highest BCUT2D eigenvalue weighted by atomic mass is 16.5. The number of H-pyrrole nitrogens is 1. The second-order valence-corrected chi connectivity index (χ2v) is 5.30. The first-order valence-electron chi connectivity index (χ1n) is 7.11. The van der Waals surface area contributed by atoms with E-state index in [9.17, 15) is 9.90 Å². The van der Waals surface area contributed by atoms with Gasteiger partial charge in [-0.15, -0.1) is 0 Å². The van der Waals surface area contributed by atoms with Crippen LogP contribution in [0.25, 0.3) is 0 Å². The van der Waals surface area contributed by atoms with Crippen LogP contribution >= 0.6 is 0 Å². The Balaban J connectivity index is 1.53. The van der Waals surface area contributed by atoms with Crippen LogP contribution in [0.5, 0.6) is 11.5 Å².